The van der Waals surface area contributed by atoms with E-state index in [0.717, 1.165) is 6.07 Å². The van der Waals surface area contributed by atoms with Gasteiger partial charge in [-0.25, -0.2) is 4.39 Å². The van der Waals surface area contributed by atoms with Gasteiger partial charge in [0.1, 0.15) is 22.0 Å². The molecule has 0 saturated carbocycles. The molecule has 1 fully saturated rings. The van der Waals surface area contributed by atoms with Gasteiger partial charge in [0.05, 0.1) is 7.11 Å². The van der Waals surface area contributed by atoms with Crippen molar-refractivity contribution in [2.24, 2.45) is 5.73 Å². The zero-order valence-electron chi connectivity index (χ0n) is 15.9. The summed E-state index contributed by atoms with van der Waals surface area (Å²) in [6, 6.07) is 5.15. The van der Waals surface area contributed by atoms with Gasteiger partial charge >= 0.3 is 0 Å². The first-order valence-corrected chi connectivity index (χ1v) is 9.45. The maximum Gasteiger partial charge on any atom is 0.267 e. The predicted molar refractivity (Wildman–Crippen MR) is 104 cm³/mol. The van der Waals surface area contributed by atoms with Crippen molar-refractivity contribution in [3.05, 3.63) is 53.4 Å². The van der Waals surface area contributed by atoms with E-state index in [1.807, 2.05) is 0 Å². The summed E-state index contributed by atoms with van der Waals surface area (Å²) < 4.78 is 38.8. The minimum atomic E-state index is -1.15. The number of carbonyl (C=O) groups is 2. The Bertz CT molecular complexity index is 970. The number of aromatic nitrogens is 1. The highest BCUT2D eigenvalue weighted by atomic mass is 32.2. The van der Waals surface area contributed by atoms with Crippen LogP contribution in [0.4, 0.5) is 14.5 Å². The van der Waals surface area contributed by atoms with E-state index in [-0.39, 0.29) is 17.0 Å². The lowest BCUT2D eigenvalue weighted by Crippen LogP contribution is -2.29. The summed E-state index contributed by atoms with van der Waals surface area (Å²) in [5.41, 5.74) is 5.75. The van der Waals surface area contributed by atoms with Crippen molar-refractivity contribution in [3.8, 4) is 5.75 Å². The molecule has 7 nitrogen and oxygen atoms in total. The van der Waals surface area contributed by atoms with E-state index in [1.165, 1.54) is 43.3 Å². The van der Waals surface area contributed by atoms with E-state index >= 15 is 0 Å². The van der Waals surface area contributed by atoms with E-state index in [1.54, 1.807) is 13.8 Å². The average molecular weight is 423 g/mol. The monoisotopic (exact) mass is 423 g/mol. The van der Waals surface area contributed by atoms with Crippen LogP contribution in [-0.4, -0.2) is 34.1 Å². The highest BCUT2D eigenvalue weighted by molar-refractivity contribution is 8.02. The fourth-order valence-corrected chi connectivity index (χ4v) is 4.28. The number of pyridine rings is 1. The molecule has 2 atom stereocenters. The van der Waals surface area contributed by atoms with E-state index in [2.05, 4.69) is 10.3 Å². The fraction of sp³-hybridized carbons (Fsp3) is 0.316. The number of carbonyl (C=O) groups excluding carboxylic acids is 2. The summed E-state index contributed by atoms with van der Waals surface area (Å²) in [6.45, 7) is 3.53. The van der Waals surface area contributed by atoms with E-state index < -0.39 is 39.7 Å². The van der Waals surface area contributed by atoms with Crippen molar-refractivity contribution < 1.29 is 27.8 Å². The lowest BCUT2D eigenvalue weighted by atomic mass is 10.0. The molecule has 1 aromatic carbocycles. The Morgan fingerprint density at radius 1 is 1.31 bits per heavy atom. The first-order valence-electron chi connectivity index (χ1n) is 8.57. The largest absolute Gasteiger partial charge is 0.493 e. The first kappa shape index (κ1) is 21.0. The maximum atomic E-state index is 14.2. The molecular formula is C19H19F2N3O4S. The average Bonchev–Trinajstić information content (AvgIpc) is 2.99. The summed E-state index contributed by atoms with van der Waals surface area (Å²) in [5.74, 6) is -3.70. The third kappa shape index (κ3) is 4.33. The highest BCUT2D eigenvalue weighted by Gasteiger charge is 2.47. The van der Waals surface area contributed by atoms with Crippen molar-refractivity contribution in [1.82, 2.24) is 4.98 Å². The Kier molecular flexibility index (Phi) is 5.76. The van der Waals surface area contributed by atoms with Crippen LogP contribution >= 0.6 is 11.8 Å². The molecule has 3 rings (SSSR count). The number of anilines is 1. The summed E-state index contributed by atoms with van der Waals surface area (Å²) in [6.07, 6.45) is 0.450. The Labute approximate surface area is 170 Å². The number of ether oxygens (including phenoxy) is 2. The lowest BCUT2D eigenvalue weighted by Gasteiger charge is -2.21. The molecule has 0 spiro atoms. The van der Waals surface area contributed by atoms with Gasteiger partial charge < -0.3 is 20.5 Å². The number of primary amides is 1. The summed E-state index contributed by atoms with van der Waals surface area (Å²) >= 11 is 1.22. The minimum absolute atomic E-state index is 0.00252. The van der Waals surface area contributed by atoms with Gasteiger partial charge in [-0.15, -0.1) is 11.8 Å². The third-order valence-corrected chi connectivity index (χ3v) is 5.61. The Balaban J connectivity index is 1.93. The number of thioether (sulfide) groups is 1. The number of nitrogens with one attached hydrogen (secondary N) is 1. The van der Waals surface area contributed by atoms with Crippen molar-refractivity contribution >= 4 is 29.3 Å². The molecule has 29 heavy (non-hydrogen) atoms. The molecule has 3 N–H and O–H groups in total. The van der Waals surface area contributed by atoms with Gasteiger partial charge in [-0.2, -0.15) is 4.39 Å². The van der Waals surface area contributed by atoms with Crippen LogP contribution in [0, 0.1) is 11.6 Å². The smallest absolute Gasteiger partial charge is 0.267 e. The van der Waals surface area contributed by atoms with Crippen molar-refractivity contribution in [1.29, 1.82) is 0 Å². The molecule has 10 heteroatoms. The van der Waals surface area contributed by atoms with E-state index in [0.29, 0.717) is 5.69 Å². The minimum Gasteiger partial charge on any atom is -0.493 e. The number of rotatable bonds is 5. The SMILES string of the molecule is COc1c([C@@H]2OC(C)(C)S[C@H]2C(=O)Nc2ccnc(C(N)=O)c2)ccc(F)c1F. The standard InChI is InChI=1S/C19H19F2N3O4S/c1-19(2)28-15(10-4-5-11(20)13(21)14(10)27-3)16(29-19)18(26)24-9-6-7-23-12(8-9)17(22)25/h4-8,15-16H,1-3H3,(H2,22,25)(H,23,24,26)/t15-,16+/m0/s1. The molecule has 2 heterocycles. The summed E-state index contributed by atoms with van der Waals surface area (Å²) in [7, 11) is 1.21. The van der Waals surface area contributed by atoms with Crippen molar-refractivity contribution in [2.45, 2.75) is 30.1 Å². The van der Waals surface area contributed by atoms with Gasteiger partial charge in [-0.3, -0.25) is 14.6 Å². The molecule has 1 aliphatic rings. The molecule has 0 bridgehead atoms. The Hall–Kier alpha value is -2.72. The Morgan fingerprint density at radius 3 is 2.69 bits per heavy atom. The number of benzene rings is 1. The van der Waals surface area contributed by atoms with E-state index in [9.17, 15) is 18.4 Å². The zero-order chi connectivity index (χ0) is 21.3. The Morgan fingerprint density at radius 2 is 2.03 bits per heavy atom. The van der Waals surface area contributed by atoms with Gasteiger partial charge in [0.15, 0.2) is 11.6 Å². The zero-order valence-corrected chi connectivity index (χ0v) is 16.7. The molecule has 1 aromatic heterocycles. The lowest BCUT2D eigenvalue weighted by molar-refractivity contribution is -0.118. The van der Waals surface area contributed by atoms with Crippen LogP contribution in [0.5, 0.6) is 5.75 Å². The predicted octanol–water partition coefficient (Wildman–Crippen LogP) is 3.02. The van der Waals surface area contributed by atoms with Gasteiger partial charge in [0, 0.05) is 17.4 Å². The third-order valence-electron chi connectivity index (χ3n) is 4.23. The second-order valence-corrected chi connectivity index (χ2v) is 8.47. The quantitative estimate of drug-likeness (QED) is 0.766. The molecule has 0 radical (unpaired) electrons. The molecular weight excluding hydrogens is 404 g/mol. The molecule has 2 aromatic rings. The van der Waals surface area contributed by atoms with Crippen LogP contribution in [0.1, 0.15) is 36.0 Å². The van der Waals surface area contributed by atoms with Crippen LogP contribution in [0.3, 0.4) is 0 Å². The molecule has 2 amide bonds. The molecule has 0 aliphatic carbocycles. The van der Waals surface area contributed by atoms with Crippen LogP contribution in [0.2, 0.25) is 0 Å². The normalized spacial score (nSPS) is 20.3. The second-order valence-electron chi connectivity index (χ2n) is 6.74. The number of halogens is 2. The van der Waals surface area contributed by atoms with Crippen LogP contribution in [-0.2, 0) is 9.53 Å². The molecule has 154 valence electrons. The summed E-state index contributed by atoms with van der Waals surface area (Å²) in [4.78, 5) is 27.3. The van der Waals surface area contributed by atoms with Gasteiger partial charge in [0.25, 0.3) is 5.91 Å². The van der Waals surface area contributed by atoms with Crippen molar-refractivity contribution in [2.75, 3.05) is 12.4 Å². The van der Waals surface area contributed by atoms with Gasteiger partial charge in [-0.05, 0) is 38.1 Å². The van der Waals surface area contributed by atoms with Crippen LogP contribution < -0.4 is 15.8 Å². The van der Waals surface area contributed by atoms with E-state index in [4.69, 9.17) is 15.2 Å². The molecule has 1 saturated heterocycles. The number of hydrogen-bond donors (Lipinski definition) is 2. The van der Waals surface area contributed by atoms with Gasteiger partial charge in [-0.1, -0.05) is 0 Å². The number of hydrogen-bond acceptors (Lipinski definition) is 6. The first-order chi connectivity index (χ1) is 13.6. The number of nitrogens with zero attached hydrogens (tertiary/aromatic N) is 1. The topological polar surface area (TPSA) is 104 Å². The van der Waals surface area contributed by atoms with Gasteiger partial charge in [0.2, 0.25) is 11.7 Å². The maximum absolute atomic E-state index is 14.2. The molecule has 1 aliphatic heterocycles. The highest BCUT2D eigenvalue weighted by Crippen LogP contribution is 2.51. The van der Waals surface area contributed by atoms with Crippen LogP contribution in [0.25, 0.3) is 0 Å². The number of methoxy groups -OCH3 is 1. The second kappa shape index (κ2) is 7.96. The van der Waals surface area contributed by atoms with Crippen LogP contribution in [0.15, 0.2) is 30.5 Å². The fourth-order valence-electron chi connectivity index (χ4n) is 3.02. The number of amides is 2. The van der Waals surface area contributed by atoms with Crippen molar-refractivity contribution in [3.63, 3.8) is 0 Å². The number of nitrogens with two attached hydrogens (primary N) is 1. The summed E-state index contributed by atoms with van der Waals surface area (Å²) in [5, 5.41) is 1.89. The molecule has 0 unspecified atom stereocenters.